The third-order valence-corrected chi connectivity index (χ3v) is 1.78. The third-order valence-electron chi connectivity index (χ3n) is 1.78. The summed E-state index contributed by atoms with van der Waals surface area (Å²) in [7, 11) is 0. The molecule has 0 radical (unpaired) electrons. The van der Waals surface area contributed by atoms with Crippen LogP contribution in [0.3, 0.4) is 0 Å². The van der Waals surface area contributed by atoms with Crippen molar-refractivity contribution in [3.05, 3.63) is 11.6 Å². The molecule has 0 aromatic rings. The highest BCUT2D eigenvalue weighted by molar-refractivity contribution is 5.03. The Morgan fingerprint density at radius 1 is 1.67 bits per heavy atom. The Bertz CT molecular complexity index is 116. The van der Waals surface area contributed by atoms with E-state index in [1.807, 2.05) is 0 Å². The molecule has 1 heteroatoms. The number of allylic oxidation sites excluding steroid dienone is 1. The maximum atomic E-state index is 5.37. The van der Waals surface area contributed by atoms with Crippen molar-refractivity contribution in [2.45, 2.75) is 32.8 Å². The minimum atomic E-state index is 0.449. The summed E-state index contributed by atoms with van der Waals surface area (Å²) in [5.41, 5.74) is 1.55. The van der Waals surface area contributed by atoms with Crippen LogP contribution in [0.25, 0.3) is 0 Å². The van der Waals surface area contributed by atoms with Crippen molar-refractivity contribution in [2.75, 3.05) is 6.61 Å². The highest BCUT2D eigenvalue weighted by Crippen LogP contribution is 2.17. The summed E-state index contributed by atoms with van der Waals surface area (Å²) in [6.07, 6.45) is 4.93. The van der Waals surface area contributed by atoms with Crippen LogP contribution in [0.1, 0.15) is 26.7 Å². The zero-order chi connectivity index (χ0) is 6.69. The molecule has 1 aliphatic heterocycles. The first kappa shape index (κ1) is 6.81. The highest BCUT2D eigenvalue weighted by atomic mass is 16.5. The molecule has 0 aromatic carbocycles. The molecular formula is C8H14O. The van der Waals surface area contributed by atoms with E-state index in [-0.39, 0.29) is 0 Å². The normalized spacial score (nSPS) is 33.1. The summed E-state index contributed by atoms with van der Waals surface area (Å²) >= 11 is 0. The molecule has 0 unspecified atom stereocenters. The van der Waals surface area contributed by atoms with Gasteiger partial charge in [0, 0.05) is 0 Å². The predicted molar refractivity (Wildman–Crippen MR) is 38.4 cm³/mol. The van der Waals surface area contributed by atoms with Gasteiger partial charge in [0.15, 0.2) is 0 Å². The zero-order valence-corrected chi connectivity index (χ0v) is 6.18. The van der Waals surface area contributed by atoms with Gasteiger partial charge in [-0.3, -0.25) is 0 Å². The van der Waals surface area contributed by atoms with Crippen molar-refractivity contribution in [3.8, 4) is 0 Å². The molecule has 1 aliphatic rings. The average Bonchev–Trinajstić information content (AvgIpc) is 1.88. The first-order chi connectivity index (χ1) is 4.33. The first-order valence-corrected chi connectivity index (χ1v) is 3.58. The highest BCUT2D eigenvalue weighted by Gasteiger charge is 2.10. The molecule has 1 atom stereocenters. The van der Waals surface area contributed by atoms with Gasteiger partial charge in [-0.05, 0) is 26.7 Å². The van der Waals surface area contributed by atoms with E-state index in [9.17, 15) is 0 Å². The molecule has 52 valence electrons. The summed E-state index contributed by atoms with van der Waals surface area (Å²) in [5, 5.41) is 0. The van der Waals surface area contributed by atoms with Gasteiger partial charge < -0.3 is 4.74 Å². The van der Waals surface area contributed by atoms with Gasteiger partial charge in [0.2, 0.25) is 0 Å². The summed E-state index contributed by atoms with van der Waals surface area (Å²) in [5.74, 6) is 0. The van der Waals surface area contributed by atoms with Crippen molar-refractivity contribution < 1.29 is 4.74 Å². The van der Waals surface area contributed by atoms with Crippen LogP contribution in [0.15, 0.2) is 11.6 Å². The lowest BCUT2D eigenvalue weighted by atomic mass is 10.0. The fraction of sp³-hybridized carbons (Fsp3) is 0.750. The molecule has 0 spiro atoms. The molecule has 0 amide bonds. The number of rotatable bonds is 0. The number of ether oxygens (including phenoxy) is 1. The van der Waals surface area contributed by atoms with Crippen LogP contribution in [0.2, 0.25) is 0 Å². The van der Waals surface area contributed by atoms with E-state index in [0.717, 1.165) is 19.4 Å². The van der Waals surface area contributed by atoms with Crippen LogP contribution in [-0.4, -0.2) is 12.7 Å². The number of hydrogen-bond donors (Lipinski definition) is 0. The molecule has 1 nitrogen and oxygen atoms in total. The van der Waals surface area contributed by atoms with Crippen molar-refractivity contribution in [2.24, 2.45) is 0 Å². The molecule has 0 aliphatic carbocycles. The van der Waals surface area contributed by atoms with E-state index in [1.54, 1.807) is 5.57 Å². The Hall–Kier alpha value is -0.300. The Morgan fingerprint density at radius 2 is 2.44 bits per heavy atom. The van der Waals surface area contributed by atoms with Gasteiger partial charge in [-0.15, -0.1) is 0 Å². The minimum absolute atomic E-state index is 0.449. The maximum Gasteiger partial charge on any atom is 0.0584 e. The Morgan fingerprint density at radius 3 is 2.89 bits per heavy atom. The van der Waals surface area contributed by atoms with E-state index in [1.165, 1.54) is 0 Å². The Kier molecular flexibility index (Phi) is 2.29. The van der Waals surface area contributed by atoms with Gasteiger partial charge >= 0.3 is 0 Å². The van der Waals surface area contributed by atoms with E-state index >= 15 is 0 Å². The molecule has 9 heavy (non-hydrogen) atoms. The summed E-state index contributed by atoms with van der Waals surface area (Å²) in [4.78, 5) is 0. The van der Waals surface area contributed by atoms with Crippen molar-refractivity contribution in [1.29, 1.82) is 0 Å². The SMILES string of the molecule is CC=C1CCO[C@@H](C)C1. The van der Waals surface area contributed by atoms with E-state index in [2.05, 4.69) is 19.9 Å². The lowest BCUT2D eigenvalue weighted by molar-refractivity contribution is 0.0486. The second kappa shape index (κ2) is 3.02. The standard InChI is InChI=1S/C8H14O/c1-3-8-4-5-9-7(2)6-8/h3,7H,4-6H2,1-2H3/t7-/m0/s1. The largest absolute Gasteiger partial charge is 0.378 e. The molecular weight excluding hydrogens is 112 g/mol. The van der Waals surface area contributed by atoms with Crippen LogP contribution in [0.5, 0.6) is 0 Å². The van der Waals surface area contributed by atoms with Crippen molar-refractivity contribution in [3.63, 3.8) is 0 Å². The van der Waals surface area contributed by atoms with Crippen molar-refractivity contribution >= 4 is 0 Å². The minimum Gasteiger partial charge on any atom is -0.378 e. The van der Waals surface area contributed by atoms with Gasteiger partial charge in [-0.1, -0.05) is 11.6 Å². The summed E-state index contributed by atoms with van der Waals surface area (Å²) < 4.78 is 5.37. The van der Waals surface area contributed by atoms with Crippen LogP contribution < -0.4 is 0 Å². The molecule has 0 saturated carbocycles. The van der Waals surface area contributed by atoms with Crippen molar-refractivity contribution in [1.82, 2.24) is 0 Å². The van der Waals surface area contributed by atoms with E-state index < -0.39 is 0 Å². The second-order valence-electron chi connectivity index (χ2n) is 2.58. The molecule has 1 saturated heterocycles. The predicted octanol–water partition coefficient (Wildman–Crippen LogP) is 2.13. The quantitative estimate of drug-likeness (QED) is 0.452. The van der Waals surface area contributed by atoms with Gasteiger partial charge in [-0.2, -0.15) is 0 Å². The third kappa shape index (κ3) is 1.83. The monoisotopic (exact) mass is 126 g/mol. The van der Waals surface area contributed by atoms with E-state index in [0.29, 0.717) is 6.10 Å². The van der Waals surface area contributed by atoms with Crippen LogP contribution in [0, 0.1) is 0 Å². The molecule has 1 rings (SSSR count). The first-order valence-electron chi connectivity index (χ1n) is 3.58. The van der Waals surface area contributed by atoms with Gasteiger partial charge in [0.1, 0.15) is 0 Å². The molecule has 0 N–H and O–H groups in total. The van der Waals surface area contributed by atoms with E-state index in [4.69, 9.17) is 4.74 Å². The summed E-state index contributed by atoms with van der Waals surface area (Å²) in [6.45, 7) is 5.15. The lowest BCUT2D eigenvalue weighted by Crippen LogP contribution is -2.16. The van der Waals surface area contributed by atoms with Gasteiger partial charge in [0.25, 0.3) is 0 Å². The topological polar surface area (TPSA) is 9.23 Å². The fourth-order valence-electron chi connectivity index (χ4n) is 1.18. The average molecular weight is 126 g/mol. The van der Waals surface area contributed by atoms with Gasteiger partial charge in [0.05, 0.1) is 12.7 Å². The number of hydrogen-bond acceptors (Lipinski definition) is 1. The fourth-order valence-corrected chi connectivity index (χ4v) is 1.18. The molecule has 0 bridgehead atoms. The zero-order valence-electron chi connectivity index (χ0n) is 6.18. The smallest absolute Gasteiger partial charge is 0.0584 e. The molecule has 1 fully saturated rings. The Balaban J connectivity index is 2.41. The van der Waals surface area contributed by atoms with Crippen LogP contribution in [-0.2, 0) is 4.74 Å². The molecule has 1 heterocycles. The summed E-state index contributed by atoms with van der Waals surface area (Å²) in [6, 6.07) is 0. The van der Waals surface area contributed by atoms with Crippen LogP contribution >= 0.6 is 0 Å². The second-order valence-corrected chi connectivity index (χ2v) is 2.58. The lowest BCUT2D eigenvalue weighted by Gasteiger charge is -2.20. The Labute approximate surface area is 56.7 Å². The van der Waals surface area contributed by atoms with Crippen LogP contribution in [0.4, 0.5) is 0 Å². The van der Waals surface area contributed by atoms with Gasteiger partial charge in [-0.25, -0.2) is 0 Å². The molecule has 0 aromatic heterocycles. The maximum absolute atomic E-state index is 5.37.